The highest BCUT2D eigenvalue weighted by atomic mass is 16.1. The molecule has 1 aliphatic carbocycles. The lowest BCUT2D eigenvalue weighted by Crippen LogP contribution is -2.32. The molecule has 0 atom stereocenters. The van der Waals surface area contributed by atoms with Crippen molar-refractivity contribution in [3.05, 3.63) is 81.2 Å². The maximum atomic E-state index is 13.2. The van der Waals surface area contributed by atoms with Gasteiger partial charge in [0.25, 0.3) is 5.56 Å². The van der Waals surface area contributed by atoms with Crippen LogP contribution in [0.3, 0.4) is 0 Å². The third-order valence-corrected chi connectivity index (χ3v) is 8.07. The van der Waals surface area contributed by atoms with Crippen LogP contribution >= 0.6 is 0 Å². The summed E-state index contributed by atoms with van der Waals surface area (Å²) in [5, 5.41) is 0. The second-order valence-electron chi connectivity index (χ2n) is 11.1. The molecule has 36 heavy (non-hydrogen) atoms. The summed E-state index contributed by atoms with van der Waals surface area (Å²) in [7, 11) is 0. The molecular formula is C33H48N2O. The fraction of sp³-hybridized carbons (Fsp3) is 0.545. The molecule has 0 spiro atoms. The van der Waals surface area contributed by atoms with Crippen LogP contribution in [0.4, 0.5) is 0 Å². The molecule has 0 aliphatic heterocycles. The Labute approximate surface area is 220 Å². The molecule has 0 amide bonds. The van der Waals surface area contributed by atoms with Gasteiger partial charge in [-0.1, -0.05) is 90.8 Å². The molecule has 2 aromatic rings. The molecule has 1 aromatic heterocycles. The molecule has 0 saturated heterocycles. The summed E-state index contributed by atoms with van der Waals surface area (Å²) >= 11 is 0. The van der Waals surface area contributed by atoms with Crippen LogP contribution in [0.2, 0.25) is 0 Å². The van der Waals surface area contributed by atoms with E-state index in [2.05, 4.69) is 69.4 Å². The van der Waals surface area contributed by atoms with E-state index in [1.807, 2.05) is 6.92 Å². The van der Waals surface area contributed by atoms with E-state index in [-0.39, 0.29) is 12.4 Å². The number of rotatable bonds is 12. The SMILES string of the molecule is C=C=C(C)c1c(C=C)c(=O)nc(CC2(c3cc(CC)cc(CC)c3)CCCC2)n1CCCCC(C)C.[HH]. The van der Waals surface area contributed by atoms with Crippen LogP contribution in [0.5, 0.6) is 0 Å². The summed E-state index contributed by atoms with van der Waals surface area (Å²) in [5.41, 5.74) is 9.48. The molecule has 3 heteroatoms. The standard InChI is InChI=1S/C33H46N2O.H2/c1-8-25(7)31-29(11-4)32(36)34-30(35(31)19-15-12-16-24(5)6)23-33(17-13-14-18-33)28-21-26(9-2)20-27(10-3)22-28;/h11,20-22,24H,1,4,9-10,12-19,23H2,2-3,5-7H3;1H. The van der Waals surface area contributed by atoms with Gasteiger partial charge in [-0.05, 0) is 61.6 Å². The third-order valence-electron chi connectivity index (χ3n) is 8.07. The molecular weight excluding hydrogens is 440 g/mol. The lowest BCUT2D eigenvalue weighted by atomic mass is 9.74. The lowest BCUT2D eigenvalue weighted by molar-refractivity contribution is 0.406. The van der Waals surface area contributed by atoms with Crippen molar-refractivity contribution in [1.29, 1.82) is 0 Å². The second kappa shape index (κ2) is 12.5. The van der Waals surface area contributed by atoms with Crippen LogP contribution in [0.15, 0.2) is 41.9 Å². The number of allylic oxidation sites excluding steroid dienone is 1. The van der Waals surface area contributed by atoms with Crippen molar-refractivity contribution in [2.24, 2.45) is 5.92 Å². The highest BCUT2D eigenvalue weighted by molar-refractivity contribution is 5.69. The van der Waals surface area contributed by atoms with Gasteiger partial charge in [-0.2, -0.15) is 4.98 Å². The van der Waals surface area contributed by atoms with Crippen LogP contribution in [0.1, 0.15) is 115 Å². The Morgan fingerprint density at radius 3 is 2.33 bits per heavy atom. The maximum absolute atomic E-state index is 13.2. The molecule has 1 saturated carbocycles. The van der Waals surface area contributed by atoms with E-state index in [9.17, 15) is 4.79 Å². The lowest BCUT2D eigenvalue weighted by Gasteiger charge is -2.32. The maximum Gasteiger partial charge on any atom is 0.280 e. The largest absolute Gasteiger partial charge is 0.328 e. The van der Waals surface area contributed by atoms with Gasteiger partial charge in [-0.3, -0.25) is 4.79 Å². The summed E-state index contributed by atoms with van der Waals surface area (Å²) in [6.45, 7) is 19.7. The minimum Gasteiger partial charge on any atom is -0.328 e. The summed E-state index contributed by atoms with van der Waals surface area (Å²) < 4.78 is 2.30. The fourth-order valence-corrected chi connectivity index (χ4v) is 5.88. The predicted octanol–water partition coefficient (Wildman–Crippen LogP) is 8.33. The van der Waals surface area contributed by atoms with Gasteiger partial charge in [0.1, 0.15) is 5.82 Å². The first-order valence-corrected chi connectivity index (χ1v) is 14.0. The van der Waals surface area contributed by atoms with Gasteiger partial charge >= 0.3 is 0 Å². The average Bonchev–Trinajstić information content (AvgIpc) is 3.35. The average molecular weight is 489 g/mol. The van der Waals surface area contributed by atoms with Gasteiger partial charge in [0.05, 0.1) is 11.3 Å². The van der Waals surface area contributed by atoms with Crippen molar-refractivity contribution in [1.82, 2.24) is 9.55 Å². The topological polar surface area (TPSA) is 34.9 Å². The molecule has 0 N–H and O–H groups in total. The van der Waals surface area contributed by atoms with E-state index >= 15 is 0 Å². The van der Waals surface area contributed by atoms with Gasteiger partial charge in [0.2, 0.25) is 0 Å². The Morgan fingerprint density at radius 1 is 1.17 bits per heavy atom. The van der Waals surface area contributed by atoms with Crippen molar-refractivity contribution in [2.45, 2.75) is 111 Å². The second-order valence-corrected chi connectivity index (χ2v) is 11.1. The highest BCUT2D eigenvalue weighted by Crippen LogP contribution is 2.44. The Bertz CT molecular complexity index is 1160. The number of unbranched alkanes of at least 4 members (excludes halogenated alkanes) is 1. The number of aromatic nitrogens is 2. The van der Waals surface area contributed by atoms with E-state index in [1.54, 1.807) is 6.08 Å². The van der Waals surface area contributed by atoms with Crippen LogP contribution in [-0.2, 0) is 31.2 Å². The first kappa shape index (κ1) is 27.9. The Morgan fingerprint density at radius 2 is 1.81 bits per heavy atom. The molecule has 1 heterocycles. The molecule has 1 aromatic carbocycles. The Hall–Kier alpha value is -2.64. The fourth-order valence-electron chi connectivity index (χ4n) is 5.88. The molecule has 196 valence electrons. The third kappa shape index (κ3) is 6.19. The summed E-state index contributed by atoms with van der Waals surface area (Å²) in [6, 6.07) is 7.19. The first-order chi connectivity index (χ1) is 17.3. The predicted molar refractivity (Wildman–Crippen MR) is 157 cm³/mol. The van der Waals surface area contributed by atoms with Crippen LogP contribution in [-0.4, -0.2) is 9.55 Å². The zero-order chi connectivity index (χ0) is 26.3. The van der Waals surface area contributed by atoms with Gasteiger partial charge in [-0.15, -0.1) is 5.73 Å². The van der Waals surface area contributed by atoms with E-state index in [0.717, 1.165) is 68.6 Å². The molecule has 0 bridgehead atoms. The van der Waals surface area contributed by atoms with Crippen LogP contribution in [0, 0.1) is 5.92 Å². The summed E-state index contributed by atoms with van der Waals surface area (Å²) in [6.07, 6.45) is 12.7. The van der Waals surface area contributed by atoms with Gasteiger partial charge in [-0.25, -0.2) is 0 Å². The van der Waals surface area contributed by atoms with Gasteiger partial charge in [0.15, 0.2) is 0 Å². The number of aryl methyl sites for hydroxylation is 2. The number of hydrogen-bond donors (Lipinski definition) is 0. The Kier molecular flexibility index (Phi) is 9.74. The van der Waals surface area contributed by atoms with Crippen LogP contribution in [0.25, 0.3) is 11.6 Å². The van der Waals surface area contributed by atoms with E-state index in [4.69, 9.17) is 4.98 Å². The normalized spacial score (nSPS) is 14.7. The van der Waals surface area contributed by atoms with Crippen molar-refractivity contribution >= 4 is 11.6 Å². The van der Waals surface area contributed by atoms with E-state index in [0.29, 0.717) is 11.5 Å². The monoisotopic (exact) mass is 488 g/mol. The van der Waals surface area contributed by atoms with Crippen LogP contribution < -0.4 is 5.56 Å². The molecule has 1 aliphatic rings. The van der Waals surface area contributed by atoms with Crippen molar-refractivity contribution in [2.75, 3.05) is 0 Å². The van der Waals surface area contributed by atoms with Gasteiger partial charge < -0.3 is 4.57 Å². The Balaban J connectivity index is 0.00000481. The molecule has 3 rings (SSSR count). The van der Waals surface area contributed by atoms with E-state index < -0.39 is 0 Å². The molecule has 1 fully saturated rings. The number of benzene rings is 1. The first-order valence-electron chi connectivity index (χ1n) is 14.0. The van der Waals surface area contributed by atoms with Crippen molar-refractivity contribution in [3.8, 4) is 0 Å². The number of hydrogen-bond acceptors (Lipinski definition) is 2. The minimum atomic E-state index is -0.187. The van der Waals surface area contributed by atoms with Crippen molar-refractivity contribution in [3.63, 3.8) is 0 Å². The minimum absolute atomic E-state index is 0. The number of nitrogens with zero attached hydrogens (tertiary/aromatic N) is 2. The zero-order valence-electron chi connectivity index (χ0n) is 23.4. The zero-order valence-corrected chi connectivity index (χ0v) is 23.4. The smallest absolute Gasteiger partial charge is 0.280 e. The highest BCUT2D eigenvalue weighted by Gasteiger charge is 2.38. The summed E-state index contributed by atoms with van der Waals surface area (Å²) in [4.78, 5) is 18.0. The van der Waals surface area contributed by atoms with Gasteiger partial charge in [0, 0.05) is 25.4 Å². The molecule has 3 nitrogen and oxygen atoms in total. The molecule has 0 radical (unpaired) electrons. The molecule has 0 unspecified atom stereocenters. The quantitative estimate of drug-likeness (QED) is 0.222. The summed E-state index contributed by atoms with van der Waals surface area (Å²) in [5.74, 6) is 1.59. The van der Waals surface area contributed by atoms with Crippen molar-refractivity contribution < 1.29 is 1.43 Å². The van der Waals surface area contributed by atoms with E-state index in [1.165, 1.54) is 36.0 Å².